The first-order chi connectivity index (χ1) is 8.29. The summed E-state index contributed by atoms with van der Waals surface area (Å²) in [4.78, 5) is 3.77. The Bertz CT molecular complexity index is 502. The zero-order valence-electron chi connectivity index (χ0n) is 9.48. The number of nitrogens with one attached hydrogen (secondary N) is 1. The van der Waals surface area contributed by atoms with Crippen molar-refractivity contribution < 1.29 is 9.13 Å². The Kier molecular flexibility index (Phi) is 3.55. The van der Waals surface area contributed by atoms with Crippen molar-refractivity contribution in [3.05, 3.63) is 54.1 Å². The van der Waals surface area contributed by atoms with Crippen LogP contribution < -0.4 is 10.1 Å². The van der Waals surface area contributed by atoms with E-state index in [4.69, 9.17) is 4.74 Å². The molecule has 17 heavy (non-hydrogen) atoms. The van der Waals surface area contributed by atoms with Crippen molar-refractivity contribution in [1.29, 1.82) is 0 Å². The molecule has 0 aliphatic heterocycles. The van der Waals surface area contributed by atoms with Crippen LogP contribution in [0.15, 0.2) is 42.7 Å². The number of nitrogens with zero attached hydrogens (tertiary/aromatic N) is 1. The monoisotopic (exact) mass is 232 g/mol. The van der Waals surface area contributed by atoms with Gasteiger partial charge < -0.3 is 10.1 Å². The number of halogens is 1. The number of hydrogen-bond acceptors (Lipinski definition) is 3. The first-order valence-electron chi connectivity index (χ1n) is 5.26. The SMILES string of the molecule is COc1ccccc1CNc1cncc(F)c1. The van der Waals surface area contributed by atoms with E-state index in [1.54, 1.807) is 13.3 Å². The molecule has 0 unspecified atom stereocenters. The molecule has 3 nitrogen and oxygen atoms in total. The number of methoxy groups -OCH3 is 1. The lowest BCUT2D eigenvalue weighted by Crippen LogP contribution is -2.02. The van der Waals surface area contributed by atoms with Crippen molar-refractivity contribution in [1.82, 2.24) is 4.98 Å². The molecule has 0 saturated heterocycles. The fourth-order valence-electron chi connectivity index (χ4n) is 1.55. The molecule has 1 aromatic carbocycles. The van der Waals surface area contributed by atoms with Gasteiger partial charge in [-0.15, -0.1) is 0 Å². The van der Waals surface area contributed by atoms with Gasteiger partial charge in [0.15, 0.2) is 0 Å². The van der Waals surface area contributed by atoms with Crippen molar-refractivity contribution in [2.75, 3.05) is 12.4 Å². The van der Waals surface area contributed by atoms with Gasteiger partial charge in [-0.3, -0.25) is 4.98 Å². The van der Waals surface area contributed by atoms with Crippen LogP contribution in [0.3, 0.4) is 0 Å². The van der Waals surface area contributed by atoms with E-state index in [2.05, 4.69) is 10.3 Å². The molecular weight excluding hydrogens is 219 g/mol. The van der Waals surface area contributed by atoms with E-state index in [1.165, 1.54) is 12.3 Å². The number of hydrogen-bond donors (Lipinski definition) is 1. The quantitative estimate of drug-likeness (QED) is 0.880. The smallest absolute Gasteiger partial charge is 0.143 e. The lowest BCUT2D eigenvalue weighted by molar-refractivity contribution is 0.410. The fraction of sp³-hybridized carbons (Fsp3) is 0.154. The van der Waals surface area contributed by atoms with E-state index in [0.29, 0.717) is 12.2 Å². The number of rotatable bonds is 4. The lowest BCUT2D eigenvalue weighted by atomic mass is 10.2. The molecule has 0 fully saturated rings. The van der Waals surface area contributed by atoms with Gasteiger partial charge in [-0.2, -0.15) is 0 Å². The molecule has 0 atom stereocenters. The van der Waals surface area contributed by atoms with Crippen molar-refractivity contribution in [2.24, 2.45) is 0 Å². The maximum atomic E-state index is 12.9. The van der Waals surface area contributed by atoms with E-state index in [-0.39, 0.29) is 5.82 Å². The van der Waals surface area contributed by atoms with Crippen LogP contribution >= 0.6 is 0 Å². The molecule has 2 rings (SSSR count). The number of para-hydroxylation sites is 1. The Hall–Kier alpha value is -2.10. The predicted octanol–water partition coefficient (Wildman–Crippen LogP) is 2.84. The maximum Gasteiger partial charge on any atom is 0.143 e. The third-order valence-electron chi connectivity index (χ3n) is 2.38. The van der Waals surface area contributed by atoms with E-state index >= 15 is 0 Å². The topological polar surface area (TPSA) is 34.1 Å². The number of benzene rings is 1. The Morgan fingerprint density at radius 1 is 1.29 bits per heavy atom. The summed E-state index contributed by atoms with van der Waals surface area (Å²) in [5.41, 5.74) is 1.66. The Morgan fingerprint density at radius 2 is 2.12 bits per heavy atom. The average Bonchev–Trinajstić information content (AvgIpc) is 2.37. The molecule has 0 saturated carbocycles. The summed E-state index contributed by atoms with van der Waals surface area (Å²) in [6, 6.07) is 9.09. The highest BCUT2D eigenvalue weighted by Crippen LogP contribution is 2.18. The molecular formula is C13H13FN2O. The molecule has 0 radical (unpaired) electrons. The molecule has 0 aliphatic rings. The third kappa shape index (κ3) is 2.93. The standard InChI is InChI=1S/C13H13FN2O/c1-17-13-5-3-2-4-10(13)7-16-12-6-11(14)8-15-9-12/h2-6,8-9,16H,7H2,1H3. The average molecular weight is 232 g/mol. The van der Waals surface area contributed by atoms with E-state index in [1.807, 2.05) is 24.3 Å². The van der Waals surface area contributed by atoms with Crippen molar-refractivity contribution in [2.45, 2.75) is 6.54 Å². The summed E-state index contributed by atoms with van der Waals surface area (Å²) >= 11 is 0. The van der Waals surface area contributed by atoms with Crippen molar-refractivity contribution >= 4 is 5.69 Å². The molecule has 88 valence electrons. The molecule has 0 spiro atoms. The summed E-state index contributed by atoms with van der Waals surface area (Å²) in [6.45, 7) is 0.565. The van der Waals surface area contributed by atoms with Gasteiger partial charge >= 0.3 is 0 Å². The number of anilines is 1. The second kappa shape index (κ2) is 5.30. The van der Waals surface area contributed by atoms with Crippen LogP contribution in [0.4, 0.5) is 10.1 Å². The molecule has 0 aliphatic carbocycles. The molecule has 1 heterocycles. The minimum absolute atomic E-state index is 0.352. The maximum absolute atomic E-state index is 12.9. The van der Waals surface area contributed by atoms with E-state index in [9.17, 15) is 4.39 Å². The zero-order chi connectivity index (χ0) is 12.1. The van der Waals surface area contributed by atoms with Gasteiger partial charge in [0.05, 0.1) is 25.2 Å². The van der Waals surface area contributed by atoms with Gasteiger partial charge in [-0.1, -0.05) is 18.2 Å². The van der Waals surface area contributed by atoms with Crippen LogP contribution in [-0.4, -0.2) is 12.1 Å². The highest BCUT2D eigenvalue weighted by molar-refractivity contribution is 5.43. The summed E-state index contributed by atoms with van der Waals surface area (Å²) in [6.07, 6.45) is 2.76. The Labute approximate surface area is 99.3 Å². The van der Waals surface area contributed by atoms with Crippen LogP contribution in [0.25, 0.3) is 0 Å². The normalized spacial score (nSPS) is 10.0. The van der Waals surface area contributed by atoms with Crippen LogP contribution in [-0.2, 0) is 6.54 Å². The molecule has 2 aromatic rings. The number of pyridine rings is 1. The fourth-order valence-corrected chi connectivity index (χ4v) is 1.55. The van der Waals surface area contributed by atoms with Crippen LogP contribution in [0.2, 0.25) is 0 Å². The first-order valence-corrected chi connectivity index (χ1v) is 5.26. The Morgan fingerprint density at radius 3 is 2.88 bits per heavy atom. The zero-order valence-corrected chi connectivity index (χ0v) is 9.48. The number of aromatic nitrogens is 1. The highest BCUT2D eigenvalue weighted by Gasteiger charge is 2.01. The van der Waals surface area contributed by atoms with Gasteiger partial charge in [-0.25, -0.2) is 4.39 Å². The summed E-state index contributed by atoms with van der Waals surface area (Å²) in [5, 5.41) is 3.09. The second-order valence-corrected chi connectivity index (χ2v) is 3.56. The van der Waals surface area contributed by atoms with Gasteiger partial charge in [0.1, 0.15) is 11.6 Å². The molecule has 0 amide bonds. The molecule has 1 aromatic heterocycles. The Balaban J connectivity index is 2.07. The van der Waals surface area contributed by atoms with Gasteiger partial charge in [-0.05, 0) is 6.07 Å². The third-order valence-corrected chi connectivity index (χ3v) is 2.38. The molecule has 4 heteroatoms. The van der Waals surface area contributed by atoms with Crippen LogP contribution in [0, 0.1) is 5.82 Å². The molecule has 0 bridgehead atoms. The highest BCUT2D eigenvalue weighted by atomic mass is 19.1. The van der Waals surface area contributed by atoms with E-state index in [0.717, 1.165) is 11.3 Å². The first kappa shape index (κ1) is 11.4. The van der Waals surface area contributed by atoms with E-state index < -0.39 is 0 Å². The second-order valence-electron chi connectivity index (χ2n) is 3.56. The number of ether oxygens (including phenoxy) is 1. The predicted molar refractivity (Wildman–Crippen MR) is 64.5 cm³/mol. The minimum Gasteiger partial charge on any atom is -0.496 e. The largest absolute Gasteiger partial charge is 0.496 e. The summed E-state index contributed by atoms with van der Waals surface area (Å²) in [7, 11) is 1.63. The van der Waals surface area contributed by atoms with Gasteiger partial charge in [0.25, 0.3) is 0 Å². The van der Waals surface area contributed by atoms with Crippen molar-refractivity contribution in [3.63, 3.8) is 0 Å². The van der Waals surface area contributed by atoms with Crippen LogP contribution in [0.5, 0.6) is 5.75 Å². The van der Waals surface area contributed by atoms with Crippen LogP contribution in [0.1, 0.15) is 5.56 Å². The summed E-state index contributed by atoms with van der Waals surface area (Å²) in [5.74, 6) is 0.458. The summed E-state index contributed by atoms with van der Waals surface area (Å²) < 4.78 is 18.1. The van der Waals surface area contributed by atoms with Crippen molar-refractivity contribution in [3.8, 4) is 5.75 Å². The minimum atomic E-state index is -0.352. The van der Waals surface area contributed by atoms with Gasteiger partial charge in [0, 0.05) is 18.2 Å². The lowest BCUT2D eigenvalue weighted by Gasteiger charge is -2.10. The van der Waals surface area contributed by atoms with Gasteiger partial charge in [0.2, 0.25) is 0 Å². The molecule has 1 N–H and O–H groups in total.